The molecule has 0 spiro atoms. The maximum Gasteiger partial charge on any atom is 0.135 e. The second-order valence-electron chi connectivity index (χ2n) is 5.09. The summed E-state index contributed by atoms with van der Waals surface area (Å²) >= 11 is 0. The highest BCUT2D eigenvalue weighted by Gasteiger charge is 2.21. The molecule has 1 saturated heterocycles. The largest absolute Gasteiger partial charge is 0.396 e. The maximum absolute atomic E-state index is 9.37. The summed E-state index contributed by atoms with van der Waals surface area (Å²) in [7, 11) is 0. The number of aryl methyl sites for hydroxylation is 2. The van der Waals surface area contributed by atoms with Gasteiger partial charge in [-0.2, -0.15) is 0 Å². The first kappa shape index (κ1) is 14.2. The number of ether oxygens (including phenoxy) is 1. The minimum absolute atomic E-state index is 0.156. The molecule has 5 nitrogen and oxygen atoms in total. The van der Waals surface area contributed by atoms with Gasteiger partial charge in [-0.15, -0.1) is 0 Å². The Morgan fingerprint density at radius 3 is 3.11 bits per heavy atom. The van der Waals surface area contributed by atoms with Gasteiger partial charge in [-0.1, -0.05) is 13.3 Å². The van der Waals surface area contributed by atoms with E-state index in [1.807, 2.05) is 13.1 Å². The zero-order chi connectivity index (χ0) is 13.7. The minimum Gasteiger partial charge on any atom is -0.396 e. The van der Waals surface area contributed by atoms with Crippen LogP contribution in [-0.4, -0.2) is 48.0 Å². The SMILES string of the molecule is CCCc1cnc(C)nc1N1CCOC[C@@H](CO)C1. The Morgan fingerprint density at radius 1 is 1.53 bits per heavy atom. The van der Waals surface area contributed by atoms with Gasteiger partial charge in [0.15, 0.2) is 0 Å². The van der Waals surface area contributed by atoms with Crippen LogP contribution in [0.2, 0.25) is 0 Å². The Balaban J connectivity index is 2.24. The Kier molecular flexibility index (Phi) is 5.10. The fraction of sp³-hybridized carbons (Fsp3) is 0.714. The first-order chi connectivity index (χ1) is 9.24. The molecule has 1 aliphatic rings. The summed E-state index contributed by atoms with van der Waals surface area (Å²) in [6.45, 7) is 7.16. The summed E-state index contributed by atoms with van der Waals surface area (Å²) in [5, 5.41) is 9.37. The fourth-order valence-electron chi connectivity index (χ4n) is 2.39. The minimum atomic E-state index is 0.156. The van der Waals surface area contributed by atoms with Crippen LogP contribution in [0.25, 0.3) is 0 Å². The van der Waals surface area contributed by atoms with E-state index in [1.54, 1.807) is 0 Å². The van der Waals surface area contributed by atoms with Crippen molar-refractivity contribution in [2.75, 3.05) is 37.8 Å². The smallest absolute Gasteiger partial charge is 0.135 e. The lowest BCUT2D eigenvalue weighted by Crippen LogP contribution is -2.33. The van der Waals surface area contributed by atoms with Crippen LogP contribution in [0.1, 0.15) is 24.7 Å². The first-order valence-corrected chi connectivity index (χ1v) is 7.00. The standard InChI is InChI=1S/C14H23N3O2/c1-3-4-13-7-15-11(2)16-14(13)17-5-6-19-10-12(8-17)9-18/h7,12,18H,3-6,8-10H2,1-2H3/t12-/m1/s1. The Labute approximate surface area is 114 Å². The second-order valence-corrected chi connectivity index (χ2v) is 5.09. The maximum atomic E-state index is 9.37. The third kappa shape index (κ3) is 3.64. The third-order valence-electron chi connectivity index (χ3n) is 3.38. The molecule has 0 saturated carbocycles. The van der Waals surface area contributed by atoms with E-state index in [-0.39, 0.29) is 12.5 Å². The van der Waals surface area contributed by atoms with Gasteiger partial charge in [-0.3, -0.25) is 0 Å². The highest BCUT2D eigenvalue weighted by atomic mass is 16.5. The van der Waals surface area contributed by atoms with Crippen molar-refractivity contribution < 1.29 is 9.84 Å². The lowest BCUT2D eigenvalue weighted by Gasteiger charge is -2.26. The van der Waals surface area contributed by atoms with Crippen molar-refractivity contribution in [2.45, 2.75) is 26.7 Å². The molecule has 0 aliphatic carbocycles. The van der Waals surface area contributed by atoms with Crippen LogP contribution in [0.15, 0.2) is 6.20 Å². The molecule has 2 heterocycles. The van der Waals surface area contributed by atoms with Crippen LogP contribution < -0.4 is 4.90 Å². The van der Waals surface area contributed by atoms with Gasteiger partial charge < -0.3 is 14.7 Å². The van der Waals surface area contributed by atoms with E-state index in [1.165, 1.54) is 5.56 Å². The number of rotatable bonds is 4. The van der Waals surface area contributed by atoms with Crippen molar-refractivity contribution in [2.24, 2.45) is 5.92 Å². The highest BCUT2D eigenvalue weighted by Crippen LogP contribution is 2.21. The third-order valence-corrected chi connectivity index (χ3v) is 3.38. The summed E-state index contributed by atoms with van der Waals surface area (Å²) in [5.74, 6) is 1.96. The van der Waals surface area contributed by atoms with E-state index < -0.39 is 0 Å². The number of aliphatic hydroxyl groups excluding tert-OH is 1. The number of anilines is 1. The molecule has 1 aromatic heterocycles. The molecule has 1 N–H and O–H groups in total. The van der Waals surface area contributed by atoms with Gasteiger partial charge in [0.1, 0.15) is 11.6 Å². The van der Waals surface area contributed by atoms with Crippen molar-refractivity contribution in [3.05, 3.63) is 17.6 Å². The van der Waals surface area contributed by atoms with Crippen molar-refractivity contribution in [3.8, 4) is 0 Å². The van der Waals surface area contributed by atoms with Gasteiger partial charge in [0, 0.05) is 37.4 Å². The summed E-state index contributed by atoms with van der Waals surface area (Å²) < 4.78 is 5.53. The molecule has 1 aliphatic heterocycles. The van der Waals surface area contributed by atoms with E-state index in [2.05, 4.69) is 21.8 Å². The molecule has 1 atom stereocenters. The van der Waals surface area contributed by atoms with Crippen LogP contribution in [0, 0.1) is 12.8 Å². The molecular formula is C14H23N3O2. The molecule has 0 amide bonds. The molecule has 0 bridgehead atoms. The zero-order valence-electron chi connectivity index (χ0n) is 11.8. The van der Waals surface area contributed by atoms with E-state index in [9.17, 15) is 5.11 Å². The van der Waals surface area contributed by atoms with Crippen molar-refractivity contribution in [3.63, 3.8) is 0 Å². The van der Waals surface area contributed by atoms with Gasteiger partial charge in [0.2, 0.25) is 0 Å². The lowest BCUT2D eigenvalue weighted by atomic mass is 10.1. The monoisotopic (exact) mass is 265 g/mol. The van der Waals surface area contributed by atoms with Crippen molar-refractivity contribution >= 4 is 5.82 Å². The van der Waals surface area contributed by atoms with Gasteiger partial charge in [0.05, 0.1) is 13.2 Å². The number of hydrogen-bond donors (Lipinski definition) is 1. The van der Waals surface area contributed by atoms with Crippen molar-refractivity contribution in [1.82, 2.24) is 9.97 Å². The molecule has 5 heteroatoms. The Bertz CT molecular complexity index is 412. The second kappa shape index (κ2) is 6.82. The highest BCUT2D eigenvalue weighted by molar-refractivity contribution is 5.46. The topological polar surface area (TPSA) is 58.5 Å². The van der Waals surface area contributed by atoms with Gasteiger partial charge in [-0.25, -0.2) is 9.97 Å². The van der Waals surface area contributed by atoms with Crippen LogP contribution >= 0.6 is 0 Å². The molecule has 0 unspecified atom stereocenters. The average molecular weight is 265 g/mol. The van der Waals surface area contributed by atoms with Gasteiger partial charge in [0.25, 0.3) is 0 Å². The molecule has 2 rings (SSSR count). The fourth-order valence-corrected chi connectivity index (χ4v) is 2.39. The normalized spacial score (nSPS) is 20.4. The van der Waals surface area contributed by atoms with Crippen LogP contribution in [0.4, 0.5) is 5.82 Å². The number of aliphatic hydroxyl groups is 1. The first-order valence-electron chi connectivity index (χ1n) is 7.00. The van der Waals surface area contributed by atoms with Crippen LogP contribution in [0.5, 0.6) is 0 Å². The van der Waals surface area contributed by atoms with E-state index in [0.717, 1.165) is 37.6 Å². The molecule has 0 radical (unpaired) electrons. The molecule has 106 valence electrons. The number of nitrogens with zero attached hydrogens (tertiary/aromatic N) is 3. The van der Waals surface area contributed by atoms with Crippen LogP contribution in [0.3, 0.4) is 0 Å². The zero-order valence-corrected chi connectivity index (χ0v) is 11.8. The average Bonchev–Trinajstić information content (AvgIpc) is 2.66. The Morgan fingerprint density at radius 2 is 2.37 bits per heavy atom. The van der Waals surface area contributed by atoms with Crippen molar-refractivity contribution in [1.29, 1.82) is 0 Å². The van der Waals surface area contributed by atoms with E-state index >= 15 is 0 Å². The van der Waals surface area contributed by atoms with Gasteiger partial charge >= 0.3 is 0 Å². The predicted octanol–water partition coefficient (Wildman–Crippen LogP) is 1.18. The lowest BCUT2D eigenvalue weighted by molar-refractivity contribution is 0.0959. The molecule has 0 aromatic carbocycles. The molecule has 19 heavy (non-hydrogen) atoms. The van der Waals surface area contributed by atoms with Gasteiger partial charge in [-0.05, 0) is 13.3 Å². The summed E-state index contributed by atoms with van der Waals surface area (Å²) in [6.07, 6.45) is 3.99. The molecular weight excluding hydrogens is 242 g/mol. The summed E-state index contributed by atoms with van der Waals surface area (Å²) in [5.41, 5.74) is 1.19. The quantitative estimate of drug-likeness (QED) is 0.886. The van der Waals surface area contributed by atoms with Crippen LogP contribution in [-0.2, 0) is 11.2 Å². The van der Waals surface area contributed by atoms with E-state index in [0.29, 0.717) is 13.2 Å². The molecule has 1 aromatic rings. The Hall–Kier alpha value is -1.20. The summed E-state index contributed by atoms with van der Waals surface area (Å²) in [6, 6.07) is 0. The van der Waals surface area contributed by atoms with E-state index in [4.69, 9.17) is 4.74 Å². The molecule has 1 fully saturated rings. The number of aromatic nitrogens is 2. The number of hydrogen-bond acceptors (Lipinski definition) is 5. The summed E-state index contributed by atoms with van der Waals surface area (Å²) in [4.78, 5) is 11.1. The predicted molar refractivity (Wildman–Crippen MR) is 74.4 cm³/mol.